The number of fused-ring (bicyclic) bond motifs is 1. The average molecular weight is 368 g/mol. The van der Waals surface area contributed by atoms with Crippen LogP contribution in [0.15, 0.2) is 12.1 Å². The summed E-state index contributed by atoms with van der Waals surface area (Å²) in [7, 11) is 0. The molecule has 2 amide bonds. The first-order valence-electron chi connectivity index (χ1n) is 10.6. The first-order valence-corrected chi connectivity index (χ1v) is 10.6. The smallest absolute Gasteiger partial charge is 0.317 e. The zero-order valence-electron chi connectivity index (χ0n) is 15.8. The average Bonchev–Trinajstić information content (AvgIpc) is 3.48. The van der Waals surface area contributed by atoms with Crippen molar-refractivity contribution in [1.29, 1.82) is 0 Å². The zero-order valence-corrected chi connectivity index (χ0v) is 15.8. The monoisotopic (exact) mass is 368 g/mol. The van der Waals surface area contributed by atoms with E-state index in [-0.39, 0.29) is 6.03 Å². The van der Waals surface area contributed by atoms with E-state index in [0.29, 0.717) is 17.9 Å². The van der Waals surface area contributed by atoms with E-state index in [2.05, 4.69) is 21.6 Å². The van der Waals surface area contributed by atoms with Crippen LogP contribution in [0.3, 0.4) is 0 Å². The minimum atomic E-state index is 0.112. The third-order valence-electron chi connectivity index (χ3n) is 6.38. The molecule has 2 saturated carbocycles. The molecule has 27 heavy (non-hydrogen) atoms. The van der Waals surface area contributed by atoms with E-state index in [4.69, 9.17) is 5.10 Å². The second kappa shape index (κ2) is 7.09. The van der Waals surface area contributed by atoms with Crippen molar-refractivity contribution >= 4 is 11.7 Å². The number of carbonyl (C=O) groups is 1. The summed E-state index contributed by atoms with van der Waals surface area (Å²) in [5, 5.41) is 16.8. The fourth-order valence-corrected chi connectivity index (χ4v) is 4.52. The van der Waals surface area contributed by atoms with Crippen LogP contribution in [-0.4, -0.2) is 49.9 Å². The van der Waals surface area contributed by atoms with Crippen molar-refractivity contribution in [3.05, 3.63) is 23.7 Å². The Hall–Kier alpha value is -2.18. The van der Waals surface area contributed by atoms with Gasteiger partial charge in [0.25, 0.3) is 0 Å². The van der Waals surface area contributed by atoms with Gasteiger partial charge in [0.15, 0.2) is 11.5 Å². The maximum atomic E-state index is 12.6. The number of nitrogens with zero attached hydrogens (tertiary/aromatic N) is 5. The second-order valence-electron chi connectivity index (χ2n) is 8.41. The maximum Gasteiger partial charge on any atom is 0.317 e. The van der Waals surface area contributed by atoms with Crippen LogP contribution in [0.1, 0.15) is 81.1 Å². The van der Waals surface area contributed by atoms with E-state index in [1.165, 1.54) is 32.1 Å². The van der Waals surface area contributed by atoms with Gasteiger partial charge in [-0.2, -0.15) is 9.61 Å². The topological polar surface area (TPSA) is 75.4 Å². The van der Waals surface area contributed by atoms with Crippen LogP contribution in [0.4, 0.5) is 4.79 Å². The fourth-order valence-electron chi connectivity index (χ4n) is 4.52. The minimum absolute atomic E-state index is 0.112. The van der Waals surface area contributed by atoms with Crippen LogP contribution in [0.5, 0.6) is 0 Å². The van der Waals surface area contributed by atoms with Gasteiger partial charge in [-0.3, -0.25) is 0 Å². The molecule has 0 atom stereocenters. The molecule has 2 aromatic heterocycles. The highest BCUT2D eigenvalue weighted by atomic mass is 16.2. The highest BCUT2D eigenvalue weighted by Crippen LogP contribution is 2.39. The van der Waals surface area contributed by atoms with Crippen molar-refractivity contribution < 1.29 is 4.79 Å². The minimum Gasteiger partial charge on any atom is -0.335 e. The molecule has 1 N–H and O–H groups in total. The van der Waals surface area contributed by atoms with Gasteiger partial charge in [-0.05, 0) is 50.7 Å². The molecule has 1 saturated heterocycles. The Bertz CT molecular complexity index is 815. The van der Waals surface area contributed by atoms with E-state index in [1.54, 1.807) is 0 Å². The van der Waals surface area contributed by atoms with Crippen molar-refractivity contribution in [3.8, 4) is 0 Å². The molecule has 2 aromatic rings. The van der Waals surface area contributed by atoms with Crippen LogP contribution in [0.25, 0.3) is 5.65 Å². The first-order chi connectivity index (χ1) is 13.3. The molecule has 2 aliphatic carbocycles. The molecule has 3 fully saturated rings. The van der Waals surface area contributed by atoms with E-state index in [1.807, 2.05) is 15.5 Å². The largest absolute Gasteiger partial charge is 0.335 e. The SMILES string of the molecule is O=C(NC1CCCCC1)N1CCC(c2nnc3ccc(C4CC4)nn23)CC1. The van der Waals surface area contributed by atoms with Crippen LogP contribution < -0.4 is 5.32 Å². The highest BCUT2D eigenvalue weighted by molar-refractivity contribution is 5.74. The molecule has 0 unspecified atom stereocenters. The summed E-state index contributed by atoms with van der Waals surface area (Å²) >= 11 is 0. The molecule has 3 aliphatic rings. The van der Waals surface area contributed by atoms with Crippen LogP contribution in [-0.2, 0) is 0 Å². The Balaban J connectivity index is 1.23. The lowest BCUT2D eigenvalue weighted by molar-refractivity contribution is 0.173. The fraction of sp³-hybridized carbons (Fsp3) is 0.700. The predicted molar refractivity (Wildman–Crippen MR) is 102 cm³/mol. The number of urea groups is 1. The number of piperidine rings is 1. The lowest BCUT2D eigenvalue weighted by atomic mass is 9.95. The summed E-state index contributed by atoms with van der Waals surface area (Å²) in [6.07, 6.45) is 10.4. The molecule has 0 spiro atoms. The third-order valence-corrected chi connectivity index (χ3v) is 6.38. The number of carbonyl (C=O) groups excluding carboxylic acids is 1. The van der Waals surface area contributed by atoms with Gasteiger partial charge in [-0.15, -0.1) is 10.2 Å². The summed E-state index contributed by atoms with van der Waals surface area (Å²) in [6.45, 7) is 1.56. The van der Waals surface area contributed by atoms with Crippen molar-refractivity contribution in [3.63, 3.8) is 0 Å². The molecule has 0 aromatic carbocycles. The van der Waals surface area contributed by atoms with Gasteiger partial charge >= 0.3 is 6.03 Å². The van der Waals surface area contributed by atoms with Crippen molar-refractivity contribution in [2.75, 3.05) is 13.1 Å². The van der Waals surface area contributed by atoms with E-state index in [9.17, 15) is 4.79 Å². The molecule has 7 nitrogen and oxygen atoms in total. The number of hydrogen-bond donors (Lipinski definition) is 1. The zero-order chi connectivity index (χ0) is 18.2. The van der Waals surface area contributed by atoms with Gasteiger partial charge in [-0.25, -0.2) is 4.79 Å². The van der Waals surface area contributed by atoms with Gasteiger partial charge in [-0.1, -0.05) is 19.3 Å². The number of aromatic nitrogens is 4. The summed E-state index contributed by atoms with van der Waals surface area (Å²) in [5.74, 6) is 1.90. The Kier molecular flexibility index (Phi) is 4.45. The quantitative estimate of drug-likeness (QED) is 0.902. The lowest BCUT2D eigenvalue weighted by Crippen LogP contribution is -2.48. The molecule has 5 rings (SSSR count). The molecule has 7 heteroatoms. The molecule has 0 bridgehead atoms. The number of nitrogens with one attached hydrogen (secondary N) is 1. The Morgan fingerprint density at radius 3 is 2.44 bits per heavy atom. The summed E-state index contributed by atoms with van der Waals surface area (Å²) in [5.41, 5.74) is 1.99. The highest BCUT2D eigenvalue weighted by Gasteiger charge is 2.30. The number of rotatable bonds is 3. The van der Waals surface area contributed by atoms with Gasteiger partial charge in [0.05, 0.1) is 5.69 Å². The van der Waals surface area contributed by atoms with E-state index in [0.717, 1.165) is 55.9 Å². The van der Waals surface area contributed by atoms with Gasteiger partial charge in [0.2, 0.25) is 0 Å². The number of hydrogen-bond acceptors (Lipinski definition) is 4. The van der Waals surface area contributed by atoms with Crippen LogP contribution >= 0.6 is 0 Å². The standard InChI is InChI=1S/C20H28N6O/c27-20(21-16-4-2-1-3-5-16)25-12-10-15(11-13-25)19-23-22-18-9-8-17(14-6-7-14)24-26(18)19/h8-9,14-16H,1-7,10-13H2,(H,21,27). The van der Waals surface area contributed by atoms with Crippen LogP contribution in [0.2, 0.25) is 0 Å². The third kappa shape index (κ3) is 3.51. The second-order valence-corrected chi connectivity index (χ2v) is 8.41. The summed E-state index contributed by atoms with van der Waals surface area (Å²) in [6, 6.07) is 4.60. The van der Waals surface area contributed by atoms with Gasteiger partial charge in [0, 0.05) is 31.0 Å². The molecule has 144 valence electrons. The Morgan fingerprint density at radius 2 is 1.70 bits per heavy atom. The van der Waals surface area contributed by atoms with E-state index >= 15 is 0 Å². The summed E-state index contributed by atoms with van der Waals surface area (Å²) in [4.78, 5) is 14.5. The molecule has 3 heterocycles. The normalized spacial score (nSPS) is 22.3. The molecular formula is C20H28N6O. The van der Waals surface area contributed by atoms with Crippen molar-refractivity contribution in [2.24, 2.45) is 0 Å². The van der Waals surface area contributed by atoms with Crippen molar-refractivity contribution in [2.45, 2.75) is 75.7 Å². The molecular weight excluding hydrogens is 340 g/mol. The first kappa shape index (κ1) is 17.0. The van der Waals surface area contributed by atoms with Gasteiger partial charge < -0.3 is 10.2 Å². The Morgan fingerprint density at radius 1 is 0.926 bits per heavy atom. The number of likely N-dealkylation sites (tertiary alicyclic amines) is 1. The van der Waals surface area contributed by atoms with Gasteiger partial charge in [0.1, 0.15) is 0 Å². The predicted octanol–water partition coefficient (Wildman–Crippen LogP) is 3.22. The summed E-state index contributed by atoms with van der Waals surface area (Å²) < 4.78 is 1.94. The molecule has 1 aliphatic heterocycles. The van der Waals surface area contributed by atoms with E-state index < -0.39 is 0 Å². The lowest BCUT2D eigenvalue weighted by Gasteiger charge is -2.33. The maximum absolute atomic E-state index is 12.6. The Labute approximate surface area is 159 Å². The number of amides is 2. The van der Waals surface area contributed by atoms with Crippen molar-refractivity contribution in [1.82, 2.24) is 30.0 Å². The molecule has 0 radical (unpaired) electrons. The van der Waals surface area contributed by atoms with Crippen LogP contribution in [0, 0.1) is 0 Å².